The highest BCUT2D eigenvalue weighted by molar-refractivity contribution is 7.92. The van der Waals surface area contributed by atoms with Gasteiger partial charge in [0.05, 0.1) is 23.4 Å². The Morgan fingerprint density at radius 2 is 1.94 bits per heavy atom. The van der Waals surface area contributed by atoms with E-state index < -0.39 is 27.8 Å². The van der Waals surface area contributed by atoms with Crippen LogP contribution in [-0.4, -0.2) is 32.2 Å². The van der Waals surface area contributed by atoms with Crippen molar-refractivity contribution in [2.45, 2.75) is 20.0 Å². The lowest BCUT2D eigenvalue weighted by Crippen LogP contribution is -2.15. The molecule has 0 radical (unpaired) electrons. The topological polar surface area (TPSA) is 97.4 Å². The maximum absolute atomic E-state index is 12.9. The number of hydrogen-bond acceptors (Lipinski definition) is 6. The van der Waals surface area contributed by atoms with Gasteiger partial charge in [0, 0.05) is 17.1 Å². The fraction of sp³-hybridized carbons (Fsp3) is 0.263. The number of thiophene rings is 1. The number of amides is 1. The number of alkyl halides is 3. The summed E-state index contributed by atoms with van der Waals surface area (Å²) in [7, 11) is -2.17. The van der Waals surface area contributed by atoms with E-state index >= 15 is 0 Å². The molecule has 2 heterocycles. The van der Waals surface area contributed by atoms with Crippen LogP contribution < -0.4 is 14.8 Å². The standard InChI is InChI=1S/C19H18F3N3O4S2/c1-4-31(27,28)25-13-7-5-11(9-14(13)29-3)23-17(26)16-10(2)12-6-8-15(19(20,21)22)24-18(12)30-16/h5-9,25H,4H2,1-3H3,(H,23,26). The van der Waals surface area contributed by atoms with E-state index in [2.05, 4.69) is 15.0 Å². The SMILES string of the molecule is CCS(=O)(=O)Nc1ccc(NC(=O)c2sc3nc(C(F)(F)F)ccc3c2C)cc1OC. The summed E-state index contributed by atoms with van der Waals surface area (Å²) in [6, 6.07) is 6.54. The monoisotopic (exact) mass is 473 g/mol. The van der Waals surface area contributed by atoms with Gasteiger partial charge < -0.3 is 10.1 Å². The van der Waals surface area contributed by atoms with Gasteiger partial charge in [-0.15, -0.1) is 11.3 Å². The first kappa shape index (κ1) is 22.8. The van der Waals surface area contributed by atoms with Crippen LogP contribution in [0.2, 0.25) is 0 Å². The van der Waals surface area contributed by atoms with Crippen molar-refractivity contribution < 1.29 is 31.1 Å². The molecule has 0 bridgehead atoms. The van der Waals surface area contributed by atoms with Gasteiger partial charge >= 0.3 is 6.18 Å². The second-order valence-corrected chi connectivity index (χ2v) is 9.49. The number of nitrogens with one attached hydrogen (secondary N) is 2. The summed E-state index contributed by atoms with van der Waals surface area (Å²) in [6.45, 7) is 3.12. The van der Waals surface area contributed by atoms with E-state index in [1.54, 1.807) is 6.92 Å². The number of anilines is 2. The summed E-state index contributed by atoms with van der Waals surface area (Å²) in [5.74, 6) is -0.457. The van der Waals surface area contributed by atoms with E-state index in [0.29, 0.717) is 16.6 Å². The maximum atomic E-state index is 12.9. The first-order valence-electron chi connectivity index (χ1n) is 8.92. The minimum absolute atomic E-state index is 0.111. The average Bonchev–Trinajstić information content (AvgIpc) is 3.04. The van der Waals surface area contributed by atoms with Gasteiger partial charge in [0.15, 0.2) is 0 Å². The first-order valence-corrected chi connectivity index (χ1v) is 11.4. The molecule has 7 nitrogen and oxygen atoms in total. The van der Waals surface area contributed by atoms with Crippen molar-refractivity contribution in [3.63, 3.8) is 0 Å². The molecule has 2 aromatic heterocycles. The number of aryl methyl sites for hydroxylation is 1. The number of aromatic nitrogens is 1. The van der Waals surface area contributed by atoms with Gasteiger partial charge in [-0.3, -0.25) is 9.52 Å². The zero-order chi connectivity index (χ0) is 23.0. The number of rotatable bonds is 6. The Bertz CT molecular complexity index is 1250. The molecule has 166 valence electrons. The second kappa shape index (κ2) is 8.35. The number of halogens is 3. The maximum Gasteiger partial charge on any atom is 0.433 e. The molecule has 0 saturated heterocycles. The van der Waals surface area contributed by atoms with E-state index in [1.165, 1.54) is 38.3 Å². The quantitative estimate of drug-likeness (QED) is 0.543. The van der Waals surface area contributed by atoms with Gasteiger partial charge in [0.2, 0.25) is 10.0 Å². The molecular formula is C19H18F3N3O4S2. The van der Waals surface area contributed by atoms with Crippen molar-refractivity contribution in [1.82, 2.24) is 4.98 Å². The molecule has 1 aromatic carbocycles. The number of benzene rings is 1. The molecular weight excluding hydrogens is 455 g/mol. The molecule has 0 fully saturated rings. The molecule has 12 heteroatoms. The van der Waals surface area contributed by atoms with Crippen LogP contribution in [0, 0.1) is 6.92 Å². The van der Waals surface area contributed by atoms with Gasteiger partial charge in [0.1, 0.15) is 16.3 Å². The van der Waals surface area contributed by atoms with Crippen LogP contribution in [0.15, 0.2) is 30.3 Å². The number of pyridine rings is 1. The molecule has 3 rings (SSSR count). The van der Waals surface area contributed by atoms with Gasteiger partial charge in [-0.05, 0) is 43.7 Å². The van der Waals surface area contributed by atoms with Crippen LogP contribution in [0.1, 0.15) is 27.9 Å². The zero-order valence-electron chi connectivity index (χ0n) is 16.6. The first-order chi connectivity index (χ1) is 14.4. The van der Waals surface area contributed by atoms with Crippen molar-refractivity contribution in [2.24, 2.45) is 0 Å². The Labute approximate surface area is 180 Å². The molecule has 0 spiro atoms. The van der Waals surface area contributed by atoms with Gasteiger partial charge in [0.25, 0.3) is 5.91 Å². The number of fused-ring (bicyclic) bond motifs is 1. The summed E-state index contributed by atoms with van der Waals surface area (Å²) in [4.78, 5) is 16.7. The molecule has 0 atom stereocenters. The van der Waals surface area contributed by atoms with Crippen LogP contribution in [0.4, 0.5) is 24.5 Å². The summed E-state index contributed by atoms with van der Waals surface area (Å²) in [6.07, 6.45) is -4.58. The van der Waals surface area contributed by atoms with Crippen LogP contribution >= 0.6 is 11.3 Å². The predicted octanol–water partition coefficient (Wildman–Crippen LogP) is 4.65. The number of carbonyl (C=O) groups excluding carboxylic acids is 1. The van der Waals surface area contributed by atoms with Crippen LogP contribution in [0.3, 0.4) is 0 Å². The molecule has 0 aliphatic heterocycles. The highest BCUT2D eigenvalue weighted by Gasteiger charge is 2.33. The molecule has 31 heavy (non-hydrogen) atoms. The number of nitrogens with zero attached hydrogens (tertiary/aromatic N) is 1. The van der Waals surface area contributed by atoms with E-state index in [0.717, 1.165) is 17.4 Å². The Hall–Kier alpha value is -2.86. The van der Waals surface area contributed by atoms with Gasteiger partial charge in [-0.25, -0.2) is 13.4 Å². The highest BCUT2D eigenvalue weighted by Crippen LogP contribution is 2.35. The minimum atomic E-state index is -4.58. The summed E-state index contributed by atoms with van der Waals surface area (Å²) >= 11 is 0.859. The van der Waals surface area contributed by atoms with Gasteiger partial charge in [-0.2, -0.15) is 13.2 Å². The Morgan fingerprint density at radius 1 is 1.23 bits per heavy atom. The van der Waals surface area contributed by atoms with Crippen LogP contribution in [0.5, 0.6) is 5.75 Å². The van der Waals surface area contributed by atoms with Crippen molar-refractivity contribution >= 4 is 48.9 Å². The van der Waals surface area contributed by atoms with E-state index in [4.69, 9.17) is 4.74 Å². The molecule has 2 N–H and O–H groups in total. The zero-order valence-corrected chi connectivity index (χ0v) is 18.3. The van der Waals surface area contributed by atoms with E-state index in [-0.39, 0.29) is 26.9 Å². The number of hydrogen-bond donors (Lipinski definition) is 2. The largest absolute Gasteiger partial charge is 0.494 e. The molecule has 0 aliphatic rings. The third-order valence-electron chi connectivity index (χ3n) is 4.41. The van der Waals surface area contributed by atoms with Crippen molar-refractivity contribution in [1.29, 1.82) is 0 Å². The van der Waals surface area contributed by atoms with Crippen LogP contribution in [0.25, 0.3) is 10.2 Å². The third kappa shape index (κ3) is 4.90. The normalized spacial score (nSPS) is 12.1. The van der Waals surface area contributed by atoms with Crippen molar-refractivity contribution in [3.8, 4) is 5.75 Å². The lowest BCUT2D eigenvalue weighted by Gasteiger charge is -2.13. The molecule has 0 aliphatic carbocycles. The fourth-order valence-corrected chi connectivity index (χ4v) is 4.48. The summed E-state index contributed by atoms with van der Waals surface area (Å²) in [5, 5.41) is 3.11. The molecule has 0 saturated carbocycles. The minimum Gasteiger partial charge on any atom is -0.494 e. The lowest BCUT2D eigenvalue weighted by atomic mass is 10.1. The number of carbonyl (C=O) groups is 1. The molecule has 0 unspecified atom stereocenters. The molecule has 3 aromatic rings. The van der Waals surface area contributed by atoms with E-state index in [1.807, 2.05) is 0 Å². The lowest BCUT2D eigenvalue weighted by molar-refractivity contribution is -0.140. The second-order valence-electron chi connectivity index (χ2n) is 6.48. The van der Waals surface area contributed by atoms with Crippen LogP contribution in [-0.2, 0) is 16.2 Å². The summed E-state index contributed by atoms with van der Waals surface area (Å²) < 4.78 is 69.9. The summed E-state index contributed by atoms with van der Waals surface area (Å²) in [5.41, 5.74) is 0.0208. The third-order valence-corrected chi connectivity index (χ3v) is 6.90. The Morgan fingerprint density at radius 3 is 2.55 bits per heavy atom. The van der Waals surface area contributed by atoms with Crippen molar-refractivity contribution in [2.75, 3.05) is 22.9 Å². The smallest absolute Gasteiger partial charge is 0.433 e. The predicted molar refractivity (Wildman–Crippen MR) is 113 cm³/mol. The molecule has 1 amide bonds. The number of ether oxygens (including phenoxy) is 1. The Kier molecular flexibility index (Phi) is 6.14. The fourth-order valence-electron chi connectivity index (χ4n) is 2.75. The average molecular weight is 473 g/mol. The van der Waals surface area contributed by atoms with Crippen molar-refractivity contribution in [3.05, 3.63) is 46.5 Å². The van der Waals surface area contributed by atoms with Gasteiger partial charge in [-0.1, -0.05) is 0 Å². The highest BCUT2D eigenvalue weighted by atomic mass is 32.2. The Balaban J connectivity index is 1.89. The number of sulfonamides is 1. The van der Waals surface area contributed by atoms with E-state index in [9.17, 15) is 26.4 Å². The number of methoxy groups -OCH3 is 1.